The van der Waals surface area contributed by atoms with E-state index in [4.69, 9.17) is 9.47 Å². The molecule has 4 aromatic rings. The Morgan fingerprint density at radius 2 is 1.61 bits per heavy atom. The second-order valence-corrected chi connectivity index (χ2v) is 13.4. The van der Waals surface area contributed by atoms with Gasteiger partial charge in [-0.05, 0) is 60.7 Å². The molecular formula is C32H35N3O8S. The molecule has 232 valence electrons. The number of aliphatic hydroxyl groups excluding tert-OH is 1. The molecule has 0 saturated carbocycles. The molecule has 0 radical (unpaired) electrons. The molecule has 12 heteroatoms. The van der Waals surface area contributed by atoms with Gasteiger partial charge in [0.05, 0.1) is 9.79 Å². The summed E-state index contributed by atoms with van der Waals surface area (Å²) in [5.74, 6) is -1.27. The van der Waals surface area contributed by atoms with Crippen molar-refractivity contribution in [3.05, 3.63) is 83.9 Å². The molecule has 0 saturated heterocycles. The number of fused-ring (bicyclic) bond motifs is 1. The van der Waals surface area contributed by atoms with Gasteiger partial charge < -0.3 is 19.7 Å². The molecule has 4 rings (SSSR count). The molecule has 1 atom stereocenters. The maximum atomic E-state index is 13.1. The highest BCUT2D eigenvalue weighted by molar-refractivity contribution is 7.91. The number of aliphatic hydroxyl groups is 1. The first-order valence-electron chi connectivity index (χ1n) is 13.9. The molecule has 44 heavy (non-hydrogen) atoms. The van der Waals surface area contributed by atoms with Crippen LogP contribution in [0.15, 0.2) is 82.6 Å². The summed E-state index contributed by atoms with van der Waals surface area (Å²) in [4.78, 5) is 25.4. The van der Waals surface area contributed by atoms with Crippen LogP contribution in [0.25, 0.3) is 16.7 Å². The van der Waals surface area contributed by atoms with Gasteiger partial charge in [0.2, 0.25) is 9.84 Å². The summed E-state index contributed by atoms with van der Waals surface area (Å²) in [6.07, 6.45) is -0.962. The molecule has 1 aromatic heterocycles. The van der Waals surface area contributed by atoms with Gasteiger partial charge in [0.15, 0.2) is 0 Å². The summed E-state index contributed by atoms with van der Waals surface area (Å²) in [6, 6.07) is 16.0. The van der Waals surface area contributed by atoms with Crippen molar-refractivity contribution in [2.75, 3.05) is 13.2 Å². The summed E-state index contributed by atoms with van der Waals surface area (Å²) in [5.41, 5.74) is 2.02. The van der Waals surface area contributed by atoms with Crippen LogP contribution in [-0.2, 0) is 40.7 Å². The Balaban J connectivity index is 1.55. The minimum Gasteiger partial charge on any atom is -0.505 e. The van der Waals surface area contributed by atoms with Crippen LogP contribution in [0.4, 0.5) is 0 Å². The molecule has 0 aliphatic rings. The number of carbonyl (C=O) groups is 2. The molecule has 1 unspecified atom stereocenters. The Morgan fingerprint density at radius 1 is 0.955 bits per heavy atom. The van der Waals surface area contributed by atoms with E-state index in [1.54, 1.807) is 36.4 Å². The van der Waals surface area contributed by atoms with E-state index in [9.17, 15) is 28.2 Å². The highest BCUT2D eigenvalue weighted by Crippen LogP contribution is 2.37. The van der Waals surface area contributed by atoms with Crippen molar-refractivity contribution in [1.29, 1.82) is 0 Å². The van der Waals surface area contributed by atoms with Crippen LogP contribution >= 0.6 is 0 Å². The summed E-state index contributed by atoms with van der Waals surface area (Å²) in [7, 11) is -3.77. The van der Waals surface area contributed by atoms with Gasteiger partial charge in [-0.3, -0.25) is 4.79 Å². The van der Waals surface area contributed by atoms with E-state index in [0.29, 0.717) is 22.2 Å². The summed E-state index contributed by atoms with van der Waals surface area (Å²) in [6.45, 7) is 10.1. The van der Waals surface area contributed by atoms with Crippen LogP contribution in [0, 0.1) is 0 Å². The third kappa shape index (κ3) is 7.50. The largest absolute Gasteiger partial charge is 0.505 e. The first-order valence-corrected chi connectivity index (χ1v) is 15.4. The van der Waals surface area contributed by atoms with Gasteiger partial charge in [-0.25, -0.2) is 13.2 Å². The first kappa shape index (κ1) is 32.4. The Morgan fingerprint density at radius 3 is 2.27 bits per heavy atom. The molecule has 3 aromatic carbocycles. The van der Waals surface area contributed by atoms with Gasteiger partial charge in [0.25, 0.3) is 0 Å². The zero-order chi connectivity index (χ0) is 32.2. The number of esters is 2. The van der Waals surface area contributed by atoms with Gasteiger partial charge in [-0.1, -0.05) is 51.6 Å². The fourth-order valence-corrected chi connectivity index (χ4v) is 5.60. The van der Waals surface area contributed by atoms with Crippen LogP contribution in [0.1, 0.15) is 45.2 Å². The van der Waals surface area contributed by atoms with Crippen molar-refractivity contribution in [3.8, 4) is 11.4 Å². The number of benzene rings is 3. The lowest BCUT2D eigenvalue weighted by atomic mass is 9.84. The highest BCUT2D eigenvalue weighted by atomic mass is 32.2. The fraction of sp³-hybridized carbons (Fsp3) is 0.312. The molecule has 11 nitrogen and oxygen atoms in total. The summed E-state index contributed by atoms with van der Waals surface area (Å²) >= 11 is 0. The van der Waals surface area contributed by atoms with Crippen LogP contribution in [0.3, 0.4) is 0 Å². The minimum absolute atomic E-state index is 0.0265. The average molecular weight is 622 g/mol. The number of carbonyl (C=O) groups excluding carboxylic acids is 2. The molecule has 0 fully saturated rings. The molecule has 1 heterocycles. The Kier molecular flexibility index (Phi) is 9.55. The van der Waals surface area contributed by atoms with Crippen LogP contribution in [-0.4, -0.2) is 64.9 Å². The predicted molar refractivity (Wildman–Crippen MR) is 162 cm³/mol. The number of aromatic hydroxyl groups is 1. The van der Waals surface area contributed by atoms with E-state index in [1.807, 2.05) is 20.8 Å². The Labute approximate surface area is 255 Å². The van der Waals surface area contributed by atoms with Crippen molar-refractivity contribution in [2.45, 2.75) is 61.8 Å². The number of ether oxygens (including phenoxy) is 2. The molecule has 0 aliphatic heterocycles. The maximum absolute atomic E-state index is 13.1. The lowest BCUT2D eigenvalue weighted by Gasteiger charge is -2.23. The number of hydrogen-bond donors (Lipinski definition) is 2. The zero-order valence-corrected chi connectivity index (χ0v) is 25.8. The number of sulfone groups is 1. The van der Waals surface area contributed by atoms with Crippen molar-refractivity contribution in [3.63, 3.8) is 0 Å². The molecule has 0 amide bonds. The third-order valence-corrected chi connectivity index (χ3v) is 8.47. The SMILES string of the molecule is C=C(C)C(=O)OCC(O)COC(=O)CCc1cc(-n2nc3ccc(S(=O)(=O)c4ccccc4)cc3n2)c(O)c(C(C)(C)C)c1. The molecule has 0 bridgehead atoms. The van der Waals surface area contributed by atoms with Crippen molar-refractivity contribution < 1.29 is 37.7 Å². The van der Waals surface area contributed by atoms with Crippen molar-refractivity contribution in [1.82, 2.24) is 15.0 Å². The van der Waals surface area contributed by atoms with E-state index in [1.165, 1.54) is 36.0 Å². The number of aryl methyl sites for hydroxylation is 1. The van der Waals surface area contributed by atoms with Gasteiger partial charge in [-0.15, -0.1) is 15.0 Å². The second-order valence-electron chi connectivity index (χ2n) is 11.4. The number of aromatic nitrogens is 3. The van der Waals surface area contributed by atoms with Gasteiger partial charge in [0, 0.05) is 17.6 Å². The summed E-state index contributed by atoms with van der Waals surface area (Å²) in [5, 5.41) is 30.2. The van der Waals surface area contributed by atoms with E-state index < -0.39 is 33.3 Å². The number of phenolic OH excluding ortho intramolecular Hbond substituents is 1. The maximum Gasteiger partial charge on any atom is 0.333 e. The van der Waals surface area contributed by atoms with Crippen LogP contribution < -0.4 is 0 Å². The molecule has 2 N–H and O–H groups in total. The molecular weight excluding hydrogens is 586 g/mol. The Bertz CT molecular complexity index is 1810. The lowest BCUT2D eigenvalue weighted by molar-refractivity contribution is -0.150. The monoisotopic (exact) mass is 621 g/mol. The number of nitrogens with zero attached hydrogens (tertiary/aromatic N) is 3. The van der Waals surface area contributed by atoms with Gasteiger partial charge in [0.1, 0.15) is 41.8 Å². The van der Waals surface area contributed by atoms with Crippen molar-refractivity contribution in [2.24, 2.45) is 0 Å². The minimum atomic E-state index is -3.77. The number of rotatable bonds is 11. The molecule has 0 spiro atoms. The fourth-order valence-electron chi connectivity index (χ4n) is 4.30. The normalized spacial score (nSPS) is 12.6. The van der Waals surface area contributed by atoms with E-state index in [0.717, 1.165) is 0 Å². The third-order valence-electron chi connectivity index (χ3n) is 6.70. The van der Waals surface area contributed by atoms with E-state index in [-0.39, 0.29) is 52.9 Å². The van der Waals surface area contributed by atoms with Gasteiger partial charge in [-0.2, -0.15) is 0 Å². The number of hydrogen-bond acceptors (Lipinski definition) is 10. The molecule has 0 aliphatic carbocycles. The standard InChI is InChI=1S/C32H35N3O8S/c1-20(2)31(39)43-19-22(36)18-42-29(37)14-11-21-15-25(32(3,4)5)30(38)28(16-21)35-33-26-13-12-24(17-27(26)34-35)44(40,41)23-9-7-6-8-10-23/h6-10,12-13,15-17,22,36,38H,1,11,14,18-19H2,2-5H3. The summed E-state index contributed by atoms with van der Waals surface area (Å²) < 4.78 is 36.3. The second kappa shape index (κ2) is 13.0. The zero-order valence-electron chi connectivity index (χ0n) is 25.0. The Hall–Kier alpha value is -4.55. The first-order chi connectivity index (χ1) is 20.7. The lowest BCUT2D eigenvalue weighted by Crippen LogP contribution is -2.25. The van der Waals surface area contributed by atoms with Crippen LogP contribution in [0.5, 0.6) is 5.75 Å². The highest BCUT2D eigenvalue weighted by Gasteiger charge is 2.24. The van der Waals surface area contributed by atoms with E-state index in [2.05, 4.69) is 16.8 Å². The quantitative estimate of drug-likeness (QED) is 0.184. The van der Waals surface area contributed by atoms with Crippen LogP contribution in [0.2, 0.25) is 0 Å². The number of phenols is 1. The topological polar surface area (TPSA) is 158 Å². The average Bonchev–Trinajstić information content (AvgIpc) is 3.41. The van der Waals surface area contributed by atoms with Gasteiger partial charge >= 0.3 is 11.9 Å². The van der Waals surface area contributed by atoms with E-state index >= 15 is 0 Å². The predicted octanol–water partition coefficient (Wildman–Crippen LogP) is 4.21. The smallest absolute Gasteiger partial charge is 0.333 e. The van der Waals surface area contributed by atoms with Crippen molar-refractivity contribution >= 4 is 32.8 Å².